The Morgan fingerprint density at radius 1 is 1.09 bits per heavy atom. The molecule has 1 heterocycles. The number of rotatable bonds is 1. The van der Waals surface area contributed by atoms with Crippen LogP contribution in [0.15, 0.2) is 36.4 Å². The average Bonchev–Trinajstić information content (AvgIpc) is 2.78. The molecule has 0 atom stereocenters. The van der Waals surface area contributed by atoms with Gasteiger partial charge >= 0.3 is 5.97 Å². The Balaban J connectivity index is 2.11. The number of phenolic OH excluding ortho intramolecular Hbond substituents is 1. The number of carbonyl (C=O) groups is 1. The van der Waals surface area contributed by atoms with E-state index < -0.39 is 0 Å². The smallest absolute Gasteiger partial charge is 0.344 e. The van der Waals surface area contributed by atoms with E-state index >= 15 is 0 Å². The summed E-state index contributed by atoms with van der Waals surface area (Å²) >= 11 is 0. The van der Waals surface area contributed by atoms with E-state index in [4.69, 9.17) is 4.74 Å². The molecule has 0 bridgehead atoms. The van der Waals surface area contributed by atoms with Crippen molar-refractivity contribution in [3.63, 3.8) is 0 Å². The molecule has 0 amide bonds. The lowest BCUT2D eigenvalue weighted by Crippen LogP contribution is -2.12. The Hall–Kier alpha value is -2.55. The van der Waals surface area contributed by atoms with Crippen LogP contribution in [0.3, 0.4) is 0 Å². The molecule has 0 saturated carbocycles. The molecule has 0 saturated heterocycles. The first-order valence-corrected chi connectivity index (χ1v) is 7.65. The number of aromatic hydroxyl groups is 1. The van der Waals surface area contributed by atoms with Gasteiger partial charge in [-0.3, -0.25) is 0 Å². The molecular formula is C20H20O3. The summed E-state index contributed by atoms with van der Waals surface area (Å²) in [6.07, 6.45) is 1.85. The fourth-order valence-electron chi connectivity index (χ4n) is 2.81. The average molecular weight is 308 g/mol. The van der Waals surface area contributed by atoms with Crippen LogP contribution >= 0.6 is 0 Å². The van der Waals surface area contributed by atoms with Crippen LogP contribution in [0.5, 0.6) is 5.75 Å². The molecule has 2 aromatic rings. The third-order valence-corrected chi connectivity index (χ3v) is 4.04. The van der Waals surface area contributed by atoms with Crippen molar-refractivity contribution in [2.24, 2.45) is 0 Å². The molecule has 0 radical (unpaired) electrons. The zero-order chi connectivity index (χ0) is 16.8. The number of ether oxygens (including phenoxy) is 1. The highest BCUT2D eigenvalue weighted by molar-refractivity contribution is 6.05. The second-order valence-electron chi connectivity index (χ2n) is 6.93. The highest BCUT2D eigenvalue weighted by Crippen LogP contribution is 2.36. The van der Waals surface area contributed by atoms with Crippen molar-refractivity contribution in [2.45, 2.75) is 33.1 Å². The fraction of sp³-hybridized carbons (Fsp3) is 0.250. The van der Waals surface area contributed by atoms with Crippen molar-refractivity contribution in [1.82, 2.24) is 0 Å². The van der Waals surface area contributed by atoms with Gasteiger partial charge in [0.2, 0.25) is 0 Å². The number of fused-ring (bicyclic) bond motifs is 1. The zero-order valence-corrected chi connectivity index (χ0v) is 13.8. The first-order valence-electron chi connectivity index (χ1n) is 7.65. The Morgan fingerprint density at radius 3 is 2.39 bits per heavy atom. The van der Waals surface area contributed by atoms with Crippen molar-refractivity contribution in [1.29, 1.82) is 0 Å². The Morgan fingerprint density at radius 2 is 1.74 bits per heavy atom. The molecule has 3 rings (SSSR count). The Kier molecular flexibility index (Phi) is 3.52. The zero-order valence-electron chi connectivity index (χ0n) is 13.8. The number of aryl methyl sites for hydroxylation is 1. The molecule has 3 nitrogen and oxygen atoms in total. The molecule has 118 valence electrons. The van der Waals surface area contributed by atoms with Gasteiger partial charge in [-0.2, -0.15) is 0 Å². The van der Waals surface area contributed by atoms with Gasteiger partial charge in [0, 0.05) is 11.1 Å². The summed E-state index contributed by atoms with van der Waals surface area (Å²) in [4.78, 5) is 11.9. The number of hydrogen-bond acceptors (Lipinski definition) is 3. The van der Waals surface area contributed by atoms with Gasteiger partial charge in [0.1, 0.15) is 11.5 Å². The van der Waals surface area contributed by atoms with Crippen LogP contribution in [0.1, 0.15) is 53.4 Å². The summed E-state index contributed by atoms with van der Waals surface area (Å²) in [5.41, 5.74) is 3.81. The molecule has 3 heteroatoms. The van der Waals surface area contributed by atoms with Crippen LogP contribution in [-0.4, -0.2) is 11.1 Å². The summed E-state index contributed by atoms with van der Waals surface area (Å²) < 4.78 is 5.39. The lowest BCUT2D eigenvalue weighted by Gasteiger charge is -2.22. The van der Waals surface area contributed by atoms with Gasteiger partial charge in [0.25, 0.3) is 0 Å². The van der Waals surface area contributed by atoms with E-state index in [1.807, 2.05) is 43.3 Å². The minimum absolute atomic E-state index is 0.173. The minimum atomic E-state index is -0.321. The van der Waals surface area contributed by atoms with E-state index in [1.165, 1.54) is 0 Å². The molecule has 0 spiro atoms. The van der Waals surface area contributed by atoms with Crippen LogP contribution < -0.4 is 0 Å². The second-order valence-corrected chi connectivity index (χ2v) is 6.93. The fourth-order valence-corrected chi connectivity index (χ4v) is 2.81. The van der Waals surface area contributed by atoms with E-state index in [0.717, 1.165) is 22.3 Å². The van der Waals surface area contributed by atoms with Crippen molar-refractivity contribution >= 4 is 17.8 Å². The van der Waals surface area contributed by atoms with Crippen molar-refractivity contribution in [2.75, 3.05) is 0 Å². The second kappa shape index (κ2) is 5.27. The van der Waals surface area contributed by atoms with Gasteiger partial charge in [-0.15, -0.1) is 0 Å². The Labute approximate surface area is 136 Å². The summed E-state index contributed by atoms with van der Waals surface area (Å²) in [5.74, 6) is 0.553. The molecule has 0 fully saturated rings. The van der Waals surface area contributed by atoms with E-state index in [2.05, 4.69) is 20.8 Å². The third kappa shape index (κ3) is 2.74. The van der Waals surface area contributed by atoms with E-state index in [0.29, 0.717) is 17.1 Å². The third-order valence-electron chi connectivity index (χ3n) is 4.04. The van der Waals surface area contributed by atoms with E-state index in [-0.39, 0.29) is 11.4 Å². The lowest BCUT2D eigenvalue weighted by molar-refractivity contribution is 0.0717. The highest BCUT2D eigenvalue weighted by atomic mass is 16.5. The van der Waals surface area contributed by atoms with Gasteiger partial charge in [-0.1, -0.05) is 39.0 Å². The summed E-state index contributed by atoms with van der Waals surface area (Å²) in [6, 6.07) is 11.2. The summed E-state index contributed by atoms with van der Waals surface area (Å²) in [7, 11) is 0. The van der Waals surface area contributed by atoms with Crippen molar-refractivity contribution < 1.29 is 14.6 Å². The van der Waals surface area contributed by atoms with Crippen molar-refractivity contribution in [3.05, 3.63) is 64.2 Å². The maximum atomic E-state index is 11.9. The van der Waals surface area contributed by atoms with Crippen LogP contribution in [-0.2, 0) is 10.2 Å². The van der Waals surface area contributed by atoms with Crippen LogP contribution in [0, 0.1) is 6.92 Å². The van der Waals surface area contributed by atoms with Crippen LogP contribution in [0.2, 0.25) is 0 Å². The molecule has 23 heavy (non-hydrogen) atoms. The van der Waals surface area contributed by atoms with Gasteiger partial charge in [0.05, 0.1) is 5.56 Å². The number of carbonyl (C=O) groups excluding carboxylic acids is 1. The highest BCUT2D eigenvalue weighted by Gasteiger charge is 2.26. The molecule has 2 aromatic carbocycles. The van der Waals surface area contributed by atoms with E-state index in [1.54, 1.807) is 6.07 Å². The minimum Gasteiger partial charge on any atom is -0.507 e. The molecular weight excluding hydrogens is 288 g/mol. The standard InChI is InChI=1S/C20H20O3/c1-12-9-13(10-16(18(12)21)20(2,3)4)11-17-14-7-5-6-8-15(14)19(22)23-17/h5-11,21H,1-4H3/b17-11-. The Bertz CT molecular complexity index is 823. The van der Waals surface area contributed by atoms with Gasteiger partial charge < -0.3 is 9.84 Å². The quantitative estimate of drug-likeness (QED) is 0.779. The normalized spacial score (nSPS) is 15.7. The number of esters is 1. The maximum absolute atomic E-state index is 11.9. The molecule has 0 aromatic heterocycles. The number of benzene rings is 2. The number of hydrogen-bond donors (Lipinski definition) is 1. The lowest BCUT2D eigenvalue weighted by atomic mass is 9.84. The molecule has 1 aliphatic heterocycles. The molecule has 1 aliphatic rings. The van der Waals surface area contributed by atoms with Gasteiger partial charge in [-0.05, 0) is 47.7 Å². The first kappa shape index (κ1) is 15.3. The van der Waals surface area contributed by atoms with Crippen LogP contribution in [0.4, 0.5) is 0 Å². The molecule has 0 aliphatic carbocycles. The molecule has 1 N–H and O–H groups in total. The van der Waals surface area contributed by atoms with Gasteiger partial charge in [-0.25, -0.2) is 4.79 Å². The SMILES string of the molecule is Cc1cc(/C=C2\OC(=O)c3ccccc32)cc(C(C)(C)C)c1O. The topological polar surface area (TPSA) is 46.5 Å². The van der Waals surface area contributed by atoms with E-state index in [9.17, 15) is 9.90 Å². The predicted octanol–water partition coefficient (Wildman–Crippen LogP) is 4.67. The first-order chi connectivity index (χ1) is 10.8. The predicted molar refractivity (Wildman–Crippen MR) is 91.3 cm³/mol. The van der Waals surface area contributed by atoms with Gasteiger partial charge in [0.15, 0.2) is 0 Å². The molecule has 0 unspecified atom stereocenters. The summed E-state index contributed by atoms with van der Waals surface area (Å²) in [6.45, 7) is 8.05. The van der Waals surface area contributed by atoms with Crippen LogP contribution in [0.25, 0.3) is 11.8 Å². The monoisotopic (exact) mass is 308 g/mol. The number of phenols is 1. The largest absolute Gasteiger partial charge is 0.507 e. The summed E-state index contributed by atoms with van der Waals surface area (Å²) in [5, 5.41) is 10.3. The maximum Gasteiger partial charge on any atom is 0.344 e. The van der Waals surface area contributed by atoms with Crippen molar-refractivity contribution in [3.8, 4) is 5.75 Å². The number of cyclic esters (lactones) is 1.